The van der Waals surface area contributed by atoms with Crippen LogP contribution in [0.5, 0.6) is 0 Å². The van der Waals surface area contributed by atoms with E-state index in [1.165, 1.54) is 22.5 Å². The fraction of sp³-hybridized carbons (Fsp3) is 0.0714. The van der Waals surface area contributed by atoms with Crippen molar-refractivity contribution in [2.75, 3.05) is 5.84 Å². The Morgan fingerprint density at radius 3 is 2.82 bits per heavy atom. The number of thioether (sulfide) groups is 1. The summed E-state index contributed by atoms with van der Waals surface area (Å²) in [5, 5.41) is 8.57. The van der Waals surface area contributed by atoms with Crippen molar-refractivity contribution < 1.29 is 4.39 Å². The Kier molecular flexibility index (Phi) is 4.39. The standard InChI is InChI=1S/C14H11BrFN5S/c15-10-5-4-9(11(16)7-10)8-22-14-20-19-13(21(14)17)12-3-1-2-6-18-12/h1-7H,8,17H2. The highest BCUT2D eigenvalue weighted by Gasteiger charge is 2.13. The predicted octanol–water partition coefficient (Wildman–Crippen LogP) is 3.25. The molecular weight excluding hydrogens is 369 g/mol. The molecule has 0 bridgehead atoms. The first kappa shape index (κ1) is 15.0. The first-order valence-electron chi connectivity index (χ1n) is 6.34. The van der Waals surface area contributed by atoms with Crippen LogP contribution in [-0.2, 0) is 5.75 Å². The van der Waals surface area contributed by atoms with Crippen molar-refractivity contribution in [2.24, 2.45) is 0 Å². The number of halogens is 2. The van der Waals surface area contributed by atoms with Gasteiger partial charge in [-0.25, -0.2) is 9.07 Å². The van der Waals surface area contributed by atoms with Gasteiger partial charge in [-0.1, -0.05) is 39.8 Å². The van der Waals surface area contributed by atoms with Gasteiger partial charge in [0, 0.05) is 16.4 Å². The SMILES string of the molecule is Nn1c(SCc2ccc(Br)cc2F)nnc1-c1ccccn1. The Labute approximate surface area is 138 Å². The maximum Gasteiger partial charge on any atom is 0.210 e. The van der Waals surface area contributed by atoms with Crippen molar-refractivity contribution in [1.82, 2.24) is 19.9 Å². The van der Waals surface area contributed by atoms with Crippen LogP contribution in [0.2, 0.25) is 0 Å². The molecule has 22 heavy (non-hydrogen) atoms. The molecule has 3 rings (SSSR count). The van der Waals surface area contributed by atoms with Crippen LogP contribution in [0.3, 0.4) is 0 Å². The van der Waals surface area contributed by atoms with E-state index in [0.717, 1.165) is 0 Å². The van der Waals surface area contributed by atoms with Crippen molar-refractivity contribution in [1.29, 1.82) is 0 Å². The maximum absolute atomic E-state index is 13.8. The minimum Gasteiger partial charge on any atom is -0.335 e. The molecule has 0 spiro atoms. The molecule has 2 N–H and O–H groups in total. The first-order valence-corrected chi connectivity index (χ1v) is 8.11. The molecule has 0 fully saturated rings. The molecule has 0 unspecified atom stereocenters. The Bertz CT molecular complexity index is 793. The number of hydrogen-bond acceptors (Lipinski definition) is 5. The van der Waals surface area contributed by atoms with Gasteiger partial charge in [0.15, 0.2) is 0 Å². The summed E-state index contributed by atoms with van der Waals surface area (Å²) >= 11 is 4.55. The zero-order valence-corrected chi connectivity index (χ0v) is 13.7. The van der Waals surface area contributed by atoms with E-state index < -0.39 is 0 Å². The highest BCUT2D eigenvalue weighted by Crippen LogP contribution is 2.25. The molecule has 0 aliphatic heterocycles. The molecule has 0 aliphatic rings. The Morgan fingerprint density at radius 1 is 1.23 bits per heavy atom. The van der Waals surface area contributed by atoms with Gasteiger partial charge in [-0.15, -0.1) is 10.2 Å². The van der Waals surface area contributed by atoms with Gasteiger partial charge in [0.1, 0.15) is 11.5 Å². The molecule has 0 radical (unpaired) electrons. The molecule has 5 nitrogen and oxygen atoms in total. The summed E-state index contributed by atoms with van der Waals surface area (Å²) in [6, 6.07) is 10.4. The summed E-state index contributed by atoms with van der Waals surface area (Å²) in [5.41, 5.74) is 1.22. The number of pyridine rings is 1. The molecule has 0 amide bonds. The third-order valence-electron chi connectivity index (χ3n) is 2.93. The lowest BCUT2D eigenvalue weighted by Crippen LogP contribution is -2.12. The number of aromatic nitrogens is 4. The minimum absolute atomic E-state index is 0.269. The lowest BCUT2D eigenvalue weighted by atomic mass is 10.2. The fourth-order valence-electron chi connectivity index (χ4n) is 1.83. The molecule has 112 valence electrons. The zero-order valence-electron chi connectivity index (χ0n) is 11.3. The predicted molar refractivity (Wildman–Crippen MR) is 87.1 cm³/mol. The lowest BCUT2D eigenvalue weighted by molar-refractivity contribution is 0.616. The second-order valence-electron chi connectivity index (χ2n) is 4.42. The summed E-state index contributed by atoms with van der Waals surface area (Å²) in [7, 11) is 0. The molecule has 8 heteroatoms. The van der Waals surface area contributed by atoms with Crippen molar-refractivity contribution in [2.45, 2.75) is 10.9 Å². The van der Waals surface area contributed by atoms with Crippen LogP contribution in [0.25, 0.3) is 11.5 Å². The van der Waals surface area contributed by atoms with Crippen LogP contribution in [0, 0.1) is 5.82 Å². The summed E-state index contributed by atoms with van der Waals surface area (Å²) in [6.07, 6.45) is 1.66. The number of hydrogen-bond donors (Lipinski definition) is 1. The van der Waals surface area contributed by atoms with E-state index >= 15 is 0 Å². The van der Waals surface area contributed by atoms with Crippen molar-refractivity contribution in [3.05, 3.63) is 58.4 Å². The molecule has 2 aromatic heterocycles. The van der Waals surface area contributed by atoms with Crippen molar-refractivity contribution >= 4 is 27.7 Å². The van der Waals surface area contributed by atoms with Gasteiger partial charge in [-0.05, 0) is 29.8 Å². The number of nitrogens with two attached hydrogens (primary N) is 1. The molecule has 0 saturated heterocycles. The molecule has 3 aromatic rings. The Hall–Kier alpha value is -1.93. The monoisotopic (exact) mass is 379 g/mol. The molecular formula is C14H11BrFN5S. The number of nitrogens with zero attached hydrogens (tertiary/aromatic N) is 4. The number of rotatable bonds is 4. The van der Waals surface area contributed by atoms with E-state index in [4.69, 9.17) is 5.84 Å². The van der Waals surface area contributed by atoms with Crippen LogP contribution in [0.4, 0.5) is 4.39 Å². The van der Waals surface area contributed by atoms with Crippen LogP contribution >= 0.6 is 27.7 Å². The summed E-state index contributed by atoms with van der Waals surface area (Å²) < 4.78 is 15.9. The Balaban J connectivity index is 1.78. The molecule has 0 saturated carbocycles. The first-order chi connectivity index (χ1) is 10.6. The van der Waals surface area contributed by atoms with Gasteiger partial charge < -0.3 is 5.84 Å². The van der Waals surface area contributed by atoms with Crippen LogP contribution in [-0.4, -0.2) is 19.9 Å². The molecule has 0 aliphatic carbocycles. The average molecular weight is 380 g/mol. The average Bonchev–Trinajstić information content (AvgIpc) is 2.88. The topological polar surface area (TPSA) is 69.6 Å². The van der Waals surface area contributed by atoms with E-state index in [0.29, 0.717) is 32.5 Å². The summed E-state index contributed by atoms with van der Waals surface area (Å²) in [6.45, 7) is 0. The second kappa shape index (κ2) is 6.45. The fourth-order valence-corrected chi connectivity index (χ4v) is 3.00. The summed E-state index contributed by atoms with van der Waals surface area (Å²) in [5.74, 6) is 6.61. The number of nitrogen functional groups attached to an aromatic ring is 1. The van der Waals surface area contributed by atoms with Gasteiger partial charge in [0.25, 0.3) is 0 Å². The highest BCUT2D eigenvalue weighted by molar-refractivity contribution is 9.10. The van der Waals surface area contributed by atoms with E-state index in [-0.39, 0.29) is 5.82 Å². The molecule has 0 atom stereocenters. The van der Waals surface area contributed by atoms with Crippen LogP contribution in [0.1, 0.15) is 5.56 Å². The van der Waals surface area contributed by atoms with Crippen molar-refractivity contribution in [3.63, 3.8) is 0 Å². The smallest absolute Gasteiger partial charge is 0.210 e. The van der Waals surface area contributed by atoms with E-state index in [2.05, 4.69) is 31.1 Å². The maximum atomic E-state index is 13.8. The van der Waals surface area contributed by atoms with E-state index in [9.17, 15) is 4.39 Å². The largest absolute Gasteiger partial charge is 0.335 e. The third kappa shape index (κ3) is 3.12. The van der Waals surface area contributed by atoms with E-state index in [1.807, 2.05) is 12.1 Å². The third-order valence-corrected chi connectivity index (χ3v) is 4.42. The van der Waals surface area contributed by atoms with Crippen molar-refractivity contribution in [3.8, 4) is 11.5 Å². The minimum atomic E-state index is -0.269. The zero-order chi connectivity index (χ0) is 15.5. The second-order valence-corrected chi connectivity index (χ2v) is 6.27. The van der Waals surface area contributed by atoms with Gasteiger partial charge in [-0.3, -0.25) is 4.98 Å². The van der Waals surface area contributed by atoms with E-state index in [1.54, 1.807) is 24.4 Å². The highest BCUT2D eigenvalue weighted by atomic mass is 79.9. The molecule has 2 heterocycles. The Morgan fingerprint density at radius 2 is 2.09 bits per heavy atom. The normalized spacial score (nSPS) is 10.8. The molecule has 1 aromatic carbocycles. The quantitative estimate of drug-likeness (QED) is 0.556. The van der Waals surface area contributed by atoms with Gasteiger partial charge in [0.05, 0.1) is 0 Å². The summed E-state index contributed by atoms with van der Waals surface area (Å²) in [4.78, 5) is 4.19. The van der Waals surface area contributed by atoms with Crippen LogP contribution in [0.15, 0.2) is 52.2 Å². The van der Waals surface area contributed by atoms with Gasteiger partial charge in [-0.2, -0.15) is 0 Å². The lowest BCUT2D eigenvalue weighted by Gasteiger charge is -2.04. The van der Waals surface area contributed by atoms with Crippen LogP contribution < -0.4 is 5.84 Å². The number of benzene rings is 1. The van der Waals surface area contributed by atoms with Gasteiger partial charge >= 0.3 is 0 Å². The van der Waals surface area contributed by atoms with Gasteiger partial charge in [0.2, 0.25) is 11.0 Å².